The number of anilines is 2. The molecule has 0 unspecified atom stereocenters. The molecule has 0 bridgehead atoms. The second kappa shape index (κ2) is 10.0. The fourth-order valence-electron chi connectivity index (χ4n) is 4.67. The molecule has 5 rings (SSSR count). The Hall–Kier alpha value is -2.38. The zero-order valence-electron chi connectivity index (χ0n) is 19.1. The van der Waals surface area contributed by atoms with Crippen LogP contribution in [0.15, 0.2) is 30.5 Å². The van der Waals surface area contributed by atoms with Crippen molar-refractivity contribution in [2.24, 2.45) is 11.8 Å². The van der Waals surface area contributed by atoms with Crippen molar-refractivity contribution < 1.29 is 9.47 Å². The van der Waals surface area contributed by atoms with Gasteiger partial charge in [0.25, 0.3) is 0 Å². The van der Waals surface area contributed by atoms with Crippen molar-refractivity contribution in [1.29, 1.82) is 0 Å². The van der Waals surface area contributed by atoms with E-state index in [-0.39, 0.29) is 0 Å². The number of hydrogen-bond acceptors (Lipinski definition) is 7. The van der Waals surface area contributed by atoms with Crippen LogP contribution in [-0.4, -0.2) is 62.0 Å². The van der Waals surface area contributed by atoms with Gasteiger partial charge < -0.3 is 25.0 Å². The first-order chi connectivity index (χ1) is 15.7. The van der Waals surface area contributed by atoms with E-state index < -0.39 is 0 Å². The second-order valence-corrected chi connectivity index (χ2v) is 9.50. The third-order valence-electron chi connectivity index (χ3n) is 6.98. The summed E-state index contributed by atoms with van der Waals surface area (Å²) in [6.07, 6.45) is 6.81. The summed E-state index contributed by atoms with van der Waals surface area (Å²) in [5.41, 5.74) is 3.27. The topological polar surface area (TPSA) is 71.5 Å². The van der Waals surface area contributed by atoms with Crippen LogP contribution in [0.3, 0.4) is 0 Å². The molecule has 1 aromatic carbocycles. The molecule has 0 radical (unpaired) electrons. The molecule has 7 nitrogen and oxygen atoms in total. The molecule has 2 saturated heterocycles. The lowest BCUT2D eigenvalue weighted by Crippen LogP contribution is -2.45. The van der Waals surface area contributed by atoms with E-state index in [1.165, 1.54) is 31.4 Å². The molecule has 32 heavy (non-hydrogen) atoms. The van der Waals surface area contributed by atoms with Gasteiger partial charge in [0.05, 0.1) is 25.4 Å². The molecule has 3 heterocycles. The maximum atomic E-state index is 6.23. The summed E-state index contributed by atoms with van der Waals surface area (Å²) in [6, 6.07) is 9.10. The molecule has 2 N–H and O–H groups in total. The van der Waals surface area contributed by atoms with E-state index in [2.05, 4.69) is 51.7 Å². The maximum absolute atomic E-state index is 6.23. The van der Waals surface area contributed by atoms with Crippen LogP contribution in [0, 0.1) is 11.8 Å². The quantitative estimate of drug-likeness (QED) is 0.686. The van der Waals surface area contributed by atoms with Crippen LogP contribution in [0.2, 0.25) is 0 Å². The molecular formula is C25H35N5O2. The molecule has 1 aromatic heterocycles. The van der Waals surface area contributed by atoms with Crippen LogP contribution in [0.4, 0.5) is 11.6 Å². The number of aromatic nitrogens is 2. The molecule has 2 aliphatic heterocycles. The highest BCUT2D eigenvalue weighted by atomic mass is 16.5. The molecule has 0 spiro atoms. The third-order valence-corrected chi connectivity index (χ3v) is 6.98. The minimum Gasteiger partial charge on any atom is -0.477 e. The molecule has 0 atom stereocenters. The number of morpholine rings is 1. The molecular weight excluding hydrogens is 402 g/mol. The predicted octanol–water partition coefficient (Wildman–Crippen LogP) is 3.57. The molecule has 1 saturated carbocycles. The molecule has 172 valence electrons. The van der Waals surface area contributed by atoms with Crippen molar-refractivity contribution in [3.8, 4) is 17.0 Å². The average molecular weight is 438 g/mol. The standard InChI is InChI=1S/C25H35N5O2/c1-18-2-6-21(7-3-18)28-25-27-16-23(24(29-25)32-17-19-14-26-15-19)20-4-8-22(9-5-20)30-10-12-31-13-11-30/h4-5,8-9,16,18-19,21,26H,2-3,6-7,10-15,17H2,1H3,(H,27,28,29). The summed E-state index contributed by atoms with van der Waals surface area (Å²) >= 11 is 0. The van der Waals surface area contributed by atoms with E-state index in [0.29, 0.717) is 30.4 Å². The largest absolute Gasteiger partial charge is 0.477 e. The Morgan fingerprint density at radius 1 is 1.09 bits per heavy atom. The molecule has 2 aromatic rings. The van der Waals surface area contributed by atoms with Gasteiger partial charge in [-0.2, -0.15) is 4.98 Å². The Labute approximate surface area is 190 Å². The van der Waals surface area contributed by atoms with Crippen LogP contribution >= 0.6 is 0 Å². The highest BCUT2D eigenvalue weighted by Gasteiger charge is 2.22. The number of rotatable bonds is 7. The minimum atomic E-state index is 0.452. The normalized spacial score (nSPS) is 24.1. The van der Waals surface area contributed by atoms with E-state index in [4.69, 9.17) is 14.5 Å². The van der Waals surface area contributed by atoms with Crippen LogP contribution < -0.4 is 20.3 Å². The zero-order chi connectivity index (χ0) is 21.8. The summed E-state index contributed by atoms with van der Waals surface area (Å²) in [5.74, 6) is 2.74. The Morgan fingerprint density at radius 3 is 2.53 bits per heavy atom. The van der Waals surface area contributed by atoms with Gasteiger partial charge in [-0.15, -0.1) is 0 Å². The molecule has 0 amide bonds. The second-order valence-electron chi connectivity index (χ2n) is 9.50. The molecule has 3 fully saturated rings. The number of hydrogen-bond donors (Lipinski definition) is 2. The number of ether oxygens (including phenoxy) is 2. The van der Waals surface area contributed by atoms with E-state index in [1.807, 2.05) is 6.20 Å². The fraction of sp³-hybridized carbons (Fsp3) is 0.600. The molecule has 7 heteroatoms. The Balaban J connectivity index is 1.33. The van der Waals surface area contributed by atoms with Crippen molar-refractivity contribution in [3.63, 3.8) is 0 Å². The van der Waals surface area contributed by atoms with E-state index >= 15 is 0 Å². The van der Waals surface area contributed by atoms with Gasteiger partial charge in [-0.25, -0.2) is 4.98 Å². The van der Waals surface area contributed by atoms with Gasteiger partial charge in [-0.3, -0.25) is 0 Å². The monoisotopic (exact) mass is 437 g/mol. The SMILES string of the molecule is CC1CCC(Nc2ncc(-c3ccc(N4CCOCC4)cc3)c(OCC3CNC3)n2)CC1. The Morgan fingerprint density at radius 2 is 1.84 bits per heavy atom. The maximum Gasteiger partial charge on any atom is 0.226 e. The Bertz CT molecular complexity index is 872. The van der Waals surface area contributed by atoms with Crippen LogP contribution in [0.1, 0.15) is 32.6 Å². The fourth-order valence-corrected chi connectivity index (χ4v) is 4.67. The third kappa shape index (κ3) is 5.15. The zero-order valence-corrected chi connectivity index (χ0v) is 19.1. The average Bonchev–Trinajstić information content (AvgIpc) is 2.81. The summed E-state index contributed by atoms with van der Waals surface area (Å²) in [7, 11) is 0. The summed E-state index contributed by atoms with van der Waals surface area (Å²) < 4.78 is 11.7. The lowest BCUT2D eigenvalue weighted by molar-refractivity contribution is 0.122. The van der Waals surface area contributed by atoms with Gasteiger partial charge in [0.1, 0.15) is 0 Å². The van der Waals surface area contributed by atoms with E-state index in [0.717, 1.165) is 56.4 Å². The summed E-state index contributed by atoms with van der Waals surface area (Å²) in [6.45, 7) is 8.51. The van der Waals surface area contributed by atoms with Crippen molar-refractivity contribution in [2.75, 3.05) is 56.2 Å². The first kappa shape index (κ1) is 21.5. The molecule has 3 aliphatic rings. The number of benzene rings is 1. The van der Waals surface area contributed by atoms with Crippen LogP contribution in [0.25, 0.3) is 11.1 Å². The van der Waals surface area contributed by atoms with E-state index in [9.17, 15) is 0 Å². The van der Waals surface area contributed by atoms with Crippen LogP contribution in [-0.2, 0) is 4.74 Å². The number of nitrogens with zero attached hydrogens (tertiary/aromatic N) is 3. The minimum absolute atomic E-state index is 0.452. The lowest BCUT2D eigenvalue weighted by atomic mass is 9.87. The highest BCUT2D eigenvalue weighted by molar-refractivity contribution is 5.70. The first-order valence-electron chi connectivity index (χ1n) is 12.1. The van der Waals surface area contributed by atoms with Gasteiger partial charge in [-0.05, 0) is 49.3 Å². The van der Waals surface area contributed by atoms with Gasteiger partial charge in [0, 0.05) is 50.0 Å². The van der Waals surface area contributed by atoms with Crippen LogP contribution in [0.5, 0.6) is 5.88 Å². The smallest absolute Gasteiger partial charge is 0.226 e. The number of nitrogens with one attached hydrogen (secondary N) is 2. The highest BCUT2D eigenvalue weighted by Crippen LogP contribution is 2.32. The first-order valence-corrected chi connectivity index (χ1v) is 12.1. The molecule has 1 aliphatic carbocycles. The van der Waals surface area contributed by atoms with Gasteiger partial charge in [0.15, 0.2) is 0 Å². The van der Waals surface area contributed by atoms with Crippen molar-refractivity contribution in [1.82, 2.24) is 15.3 Å². The predicted molar refractivity (Wildman–Crippen MR) is 127 cm³/mol. The van der Waals surface area contributed by atoms with Gasteiger partial charge in [-0.1, -0.05) is 19.1 Å². The Kier molecular flexibility index (Phi) is 6.74. The van der Waals surface area contributed by atoms with Gasteiger partial charge in [0.2, 0.25) is 11.8 Å². The van der Waals surface area contributed by atoms with Crippen molar-refractivity contribution in [2.45, 2.75) is 38.6 Å². The van der Waals surface area contributed by atoms with Crippen molar-refractivity contribution in [3.05, 3.63) is 30.5 Å². The summed E-state index contributed by atoms with van der Waals surface area (Å²) in [5, 5.41) is 6.87. The van der Waals surface area contributed by atoms with Gasteiger partial charge >= 0.3 is 0 Å². The lowest BCUT2D eigenvalue weighted by Gasteiger charge is -2.29. The summed E-state index contributed by atoms with van der Waals surface area (Å²) in [4.78, 5) is 11.8. The van der Waals surface area contributed by atoms with E-state index in [1.54, 1.807) is 0 Å². The van der Waals surface area contributed by atoms with Crippen molar-refractivity contribution >= 4 is 11.6 Å².